The second-order valence-electron chi connectivity index (χ2n) is 8.79. The number of nitrogens with one attached hydrogen (secondary N) is 1. The highest BCUT2D eigenvalue weighted by Gasteiger charge is 2.27. The Hall–Kier alpha value is -2.58. The number of carbonyl (C=O) groups is 1. The molecule has 0 saturated carbocycles. The lowest BCUT2D eigenvalue weighted by Crippen LogP contribution is -2.50. The minimum atomic E-state index is 0.117. The average Bonchev–Trinajstić information content (AvgIpc) is 3.40. The fourth-order valence-electron chi connectivity index (χ4n) is 4.57. The maximum atomic E-state index is 12.3. The first-order valence-corrected chi connectivity index (χ1v) is 12.4. The van der Waals surface area contributed by atoms with Gasteiger partial charge in [0.15, 0.2) is 5.82 Å². The minimum Gasteiger partial charge on any atom is -0.353 e. The van der Waals surface area contributed by atoms with Gasteiger partial charge in [-0.05, 0) is 50.3 Å². The molecule has 0 spiro atoms. The molecule has 0 aromatic carbocycles. The number of aromatic nitrogens is 3. The topological polar surface area (TPSA) is 74.2 Å². The van der Waals surface area contributed by atoms with E-state index in [9.17, 15) is 4.79 Å². The van der Waals surface area contributed by atoms with Gasteiger partial charge in [-0.3, -0.25) is 14.7 Å². The first-order valence-electron chi connectivity index (χ1n) is 11.6. The van der Waals surface area contributed by atoms with Crippen LogP contribution in [0.4, 0.5) is 5.82 Å². The van der Waals surface area contributed by atoms with E-state index in [1.807, 2.05) is 29.7 Å². The Morgan fingerprint density at radius 1 is 1.22 bits per heavy atom. The second kappa shape index (κ2) is 9.11. The Morgan fingerprint density at radius 2 is 2.06 bits per heavy atom. The summed E-state index contributed by atoms with van der Waals surface area (Å²) in [7, 11) is 0. The summed E-state index contributed by atoms with van der Waals surface area (Å²) in [5.74, 6) is 1.92. The molecule has 0 bridgehead atoms. The molecular weight excluding hydrogens is 420 g/mol. The first kappa shape index (κ1) is 21.3. The molecule has 3 aromatic heterocycles. The van der Waals surface area contributed by atoms with E-state index < -0.39 is 0 Å². The Balaban J connectivity index is 1.40. The van der Waals surface area contributed by atoms with Gasteiger partial charge in [0, 0.05) is 55.1 Å². The van der Waals surface area contributed by atoms with Crippen LogP contribution in [-0.2, 0) is 17.6 Å². The molecule has 2 aliphatic rings. The number of aryl methyl sites for hydroxylation is 2. The van der Waals surface area contributed by atoms with E-state index in [0.29, 0.717) is 6.54 Å². The van der Waals surface area contributed by atoms with Crippen molar-refractivity contribution in [2.45, 2.75) is 45.6 Å². The largest absolute Gasteiger partial charge is 0.353 e. The summed E-state index contributed by atoms with van der Waals surface area (Å²) in [6.45, 7) is 8.04. The van der Waals surface area contributed by atoms with Gasteiger partial charge < -0.3 is 10.2 Å². The van der Waals surface area contributed by atoms with Gasteiger partial charge >= 0.3 is 0 Å². The van der Waals surface area contributed by atoms with Gasteiger partial charge in [-0.15, -0.1) is 11.3 Å². The van der Waals surface area contributed by atoms with E-state index in [0.717, 1.165) is 67.5 Å². The minimum absolute atomic E-state index is 0.117. The van der Waals surface area contributed by atoms with E-state index in [1.165, 1.54) is 22.2 Å². The van der Waals surface area contributed by atoms with Crippen LogP contribution in [-0.4, -0.2) is 64.5 Å². The summed E-state index contributed by atoms with van der Waals surface area (Å²) in [5, 5.41) is 4.32. The number of hydrogen-bond donors (Lipinski definition) is 1. The van der Waals surface area contributed by atoms with Crippen LogP contribution in [0, 0.1) is 0 Å². The number of anilines is 1. The number of thiophene rings is 1. The molecule has 1 amide bonds. The first-order chi connectivity index (χ1) is 15.6. The molecule has 0 radical (unpaired) electrons. The summed E-state index contributed by atoms with van der Waals surface area (Å²) in [4.78, 5) is 33.8. The summed E-state index contributed by atoms with van der Waals surface area (Å²) < 4.78 is 0. The third-order valence-corrected chi connectivity index (χ3v) is 7.71. The van der Waals surface area contributed by atoms with Gasteiger partial charge in [-0.1, -0.05) is 6.92 Å². The van der Waals surface area contributed by atoms with Crippen LogP contribution in [0.2, 0.25) is 0 Å². The Morgan fingerprint density at radius 3 is 2.81 bits per heavy atom. The van der Waals surface area contributed by atoms with Crippen molar-refractivity contribution in [1.82, 2.24) is 25.2 Å². The maximum absolute atomic E-state index is 12.3. The number of piperazine rings is 1. The fraction of sp³-hybridized carbons (Fsp3) is 0.500. The summed E-state index contributed by atoms with van der Waals surface area (Å²) >= 11 is 1.83. The van der Waals surface area contributed by atoms with Crippen molar-refractivity contribution in [3.63, 3.8) is 0 Å². The lowest BCUT2D eigenvalue weighted by atomic mass is 10.1. The maximum Gasteiger partial charge on any atom is 0.234 e. The van der Waals surface area contributed by atoms with Crippen LogP contribution in [0.3, 0.4) is 0 Å². The molecule has 1 saturated heterocycles. The number of nitrogens with zero attached hydrogens (tertiary/aromatic N) is 5. The number of rotatable bonds is 6. The molecule has 1 aliphatic carbocycles. The lowest BCUT2D eigenvalue weighted by Gasteiger charge is -2.35. The number of hydrogen-bond acceptors (Lipinski definition) is 7. The van der Waals surface area contributed by atoms with Crippen LogP contribution in [0.5, 0.6) is 0 Å². The van der Waals surface area contributed by atoms with Gasteiger partial charge in [0.05, 0.1) is 11.9 Å². The van der Waals surface area contributed by atoms with Crippen LogP contribution in [0.1, 0.15) is 37.1 Å². The van der Waals surface area contributed by atoms with Crippen LogP contribution < -0.4 is 10.2 Å². The van der Waals surface area contributed by atoms with Gasteiger partial charge in [0.2, 0.25) is 5.91 Å². The Kier molecular flexibility index (Phi) is 6.06. The van der Waals surface area contributed by atoms with Crippen LogP contribution >= 0.6 is 11.3 Å². The zero-order chi connectivity index (χ0) is 22.1. The molecule has 1 fully saturated rings. The molecule has 8 heteroatoms. The zero-order valence-electron chi connectivity index (χ0n) is 18.8. The third kappa shape index (κ3) is 4.21. The lowest BCUT2D eigenvalue weighted by molar-refractivity contribution is -0.122. The monoisotopic (exact) mass is 450 g/mol. The van der Waals surface area contributed by atoms with Crippen molar-refractivity contribution < 1.29 is 4.79 Å². The van der Waals surface area contributed by atoms with E-state index in [2.05, 4.69) is 33.9 Å². The van der Waals surface area contributed by atoms with Crippen molar-refractivity contribution >= 4 is 33.3 Å². The van der Waals surface area contributed by atoms with E-state index in [-0.39, 0.29) is 11.9 Å². The normalized spacial score (nSPS) is 17.5. The molecule has 5 rings (SSSR count). The summed E-state index contributed by atoms with van der Waals surface area (Å²) in [6, 6.07) is 4.18. The Labute approximate surface area is 192 Å². The number of carbonyl (C=O) groups excluding carboxylic acids is 1. The molecule has 1 aliphatic heterocycles. The molecule has 1 N–H and O–H groups in total. The standard InChI is InChI=1S/C24H30N6OS/c1-3-16(2)26-20(31)15-29-10-12-30(13-11-29)23-21-18-7-4-8-19(18)32-24(21)28-22(27-23)17-6-5-9-25-14-17/h5-6,9,14,16H,3-4,7-8,10-13,15H2,1-2H3,(H,26,31). The van der Waals surface area contributed by atoms with Crippen LogP contribution in [0.15, 0.2) is 24.5 Å². The highest BCUT2D eigenvalue weighted by molar-refractivity contribution is 7.19. The van der Waals surface area contributed by atoms with Gasteiger partial charge in [-0.25, -0.2) is 9.97 Å². The molecule has 32 heavy (non-hydrogen) atoms. The predicted octanol–water partition coefficient (Wildman–Crippen LogP) is 3.28. The Bertz CT molecular complexity index is 1110. The third-order valence-electron chi connectivity index (χ3n) is 6.52. The van der Waals surface area contributed by atoms with Gasteiger partial charge in [-0.2, -0.15) is 0 Å². The molecule has 4 heterocycles. The molecule has 3 aromatic rings. The molecule has 1 unspecified atom stereocenters. The average molecular weight is 451 g/mol. The zero-order valence-corrected chi connectivity index (χ0v) is 19.6. The quantitative estimate of drug-likeness (QED) is 0.621. The number of fused-ring (bicyclic) bond motifs is 3. The molecule has 168 valence electrons. The fourth-order valence-corrected chi connectivity index (χ4v) is 5.83. The van der Waals surface area contributed by atoms with Crippen molar-refractivity contribution in [2.75, 3.05) is 37.6 Å². The van der Waals surface area contributed by atoms with Crippen LogP contribution in [0.25, 0.3) is 21.6 Å². The number of amides is 1. The smallest absolute Gasteiger partial charge is 0.234 e. The highest BCUT2D eigenvalue weighted by Crippen LogP contribution is 2.41. The highest BCUT2D eigenvalue weighted by atomic mass is 32.1. The summed E-state index contributed by atoms with van der Waals surface area (Å²) in [5.41, 5.74) is 2.40. The molecule has 1 atom stereocenters. The SMILES string of the molecule is CCC(C)NC(=O)CN1CCN(c2nc(-c3cccnc3)nc3sc4c(c23)CCC4)CC1. The van der Waals surface area contributed by atoms with Crippen molar-refractivity contribution in [1.29, 1.82) is 0 Å². The van der Waals surface area contributed by atoms with Gasteiger partial charge in [0.25, 0.3) is 0 Å². The summed E-state index contributed by atoms with van der Waals surface area (Å²) in [6.07, 6.45) is 8.05. The van der Waals surface area contributed by atoms with E-state index >= 15 is 0 Å². The second-order valence-corrected chi connectivity index (χ2v) is 9.87. The molecule has 7 nitrogen and oxygen atoms in total. The molecular formula is C24H30N6OS. The van der Waals surface area contributed by atoms with E-state index in [1.54, 1.807) is 6.20 Å². The van der Waals surface area contributed by atoms with Crippen molar-refractivity contribution in [2.24, 2.45) is 0 Å². The predicted molar refractivity (Wildman–Crippen MR) is 129 cm³/mol. The van der Waals surface area contributed by atoms with E-state index in [4.69, 9.17) is 9.97 Å². The van der Waals surface area contributed by atoms with Gasteiger partial charge in [0.1, 0.15) is 10.6 Å². The van der Waals surface area contributed by atoms with Crippen molar-refractivity contribution in [3.05, 3.63) is 35.0 Å². The number of pyridine rings is 1. The van der Waals surface area contributed by atoms with Crippen molar-refractivity contribution in [3.8, 4) is 11.4 Å².